The van der Waals surface area contributed by atoms with Gasteiger partial charge in [0, 0.05) is 24.0 Å². The quantitative estimate of drug-likeness (QED) is 0.729. The minimum atomic E-state index is 0.765. The molecule has 3 aliphatic carbocycles. The van der Waals surface area contributed by atoms with Gasteiger partial charge in [-0.15, -0.1) is 0 Å². The van der Waals surface area contributed by atoms with Gasteiger partial charge < -0.3 is 9.47 Å². The van der Waals surface area contributed by atoms with Gasteiger partial charge in [-0.05, 0) is 37.5 Å². The molecule has 0 aromatic carbocycles. The molecule has 0 aliphatic heterocycles. The van der Waals surface area contributed by atoms with Gasteiger partial charge in [0.2, 0.25) is 0 Å². The zero-order chi connectivity index (χ0) is 12.5. The molecular weight excluding hydrogens is 224 g/mol. The highest BCUT2D eigenvalue weighted by molar-refractivity contribution is 5.50. The van der Waals surface area contributed by atoms with Crippen LogP contribution in [0.25, 0.3) is 0 Å². The lowest BCUT2D eigenvalue weighted by Gasteiger charge is -2.43. The lowest BCUT2D eigenvalue weighted by molar-refractivity contribution is 0.230. The highest BCUT2D eigenvalue weighted by atomic mass is 16.5. The first-order valence-electron chi connectivity index (χ1n) is 7.41. The van der Waals surface area contributed by atoms with Crippen LogP contribution in [0.5, 0.6) is 0 Å². The zero-order valence-electron chi connectivity index (χ0n) is 11.6. The van der Waals surface area contributed by atoms with E-state index in [1.807, 2.05) is 14.2 Å². The molecule has 0 radical (unpaired) electrons. The Morgan fingerprint density at radius 3 is 1.56 bits per heavy atom. The van der Waals surface area contributed by atoms with Crippen LogP contribution in [0.3, 0.4) is 0 Å². The van der Waals surface area contributed by atoms with Crippen molar-refractivity contribution in [2.75, 3.05) is 14.2 Å². The maximum absolute atomic E-state index is 5.68. The van der Waals surface area contributed by atoms with Crippen LogP contribution in [-0.2, 0) is 9.47 Å². The van der Waals surface area contributed by atoms with Crippen molar-refractivity contribution in [3.05, 3.63) is 22.7 Å². The number of rotatable bonds is 2. The van der Waals surface area contributed by atoms with E-state index in [4.69, 9.17) is 9.47 Å². The minimum absolute atomic E-state index is 0.765. The molecular formula is C16H24O2. The van der Waals surface area contributed by atoms with Gasteiger partial charge in [-0.25, -0.2) is 0 Å². The second-order valence-electron chi connectivity index (χ2n) is 5.79. The topological polar surface area (TPSA) is 18.5 Å². The Kier molecular flexibility index (Phi) is 3.36. The predicted molar refractivity (Wildman–Crippen MR) is 72.0 cm³/mol. The summed E-state index contributed by atoms with van der Waals surface area (Å²) in [5.74, 6) is 4.03. The third-order valence-corrected chi connectivity index (χ3v) is 4.95. The average Bonchev–Trinajstić information content (AvgIpc) is 2.66. The predicted octanol–water partition coefficient (Wildman–Crippen LogP) is 4.18. The van der Waals surface area contributed by atoms with Gasteiger partial charge >= 0.3 is 0 Å². The Morgan fingerprint density at radius 2 is 1.17 bits per heavy atom. The Labute approximate surface area is 110 Å². The molecule has 0 heterocycles. The van der Waals surface area contributed by atoms with Gasteiger partial charge in [0.25, 0.3) is 0 Å². The van der Waals surface area contributed by atoms with Crippen molar-refractivity contribution in [1.82, 2.24) is 0 Å². The fourth-order valence-corrected chi connectivity index (χ4v) is 4.10. The smallest absolute Gasteiger partial charge is 0.0994 e. The molecule has 0 aromatic rings. The van der Waals surface area contributed by atoms with Crippen molar-refractivity contribution in [2.24, 2.45) is 11.8 Å². The first-order chi connectivity index (χ1) is 8.86. The van der Waals surface area contributed by atoms with Gasteiger partial charge in [0.05, 0.1) is 25.7 Å². The summed E-state index contributed by atoms with van der Waals surface area (Å²) < 4.78 is 11.4. The van der Waals surface area contributed by atoms with E-state index in [2.05, 4.69) is 0 Å². The standard InChI is InChI=1S/C16H24O2/c1-17-13-9-5-3-7-11-12-8-4-6-10-14(18-2)16(12)15(11)13/h11-12H,3-10H2,1-2H3/t11-,12-/m0/s1. The van der Waals surface area contributed by atoms with E-state index < -0.39 is 0 Å². The molecule has 0 unspecified atom stereocenters. The SMILES string of the molecule is COC1=C2C3=C(OC)CCCC[C@H]3[C@@H]2CCCC1. The van der Waals surface area contributed by atoms with Crippen molar-refractivity contribution in [3.63, 3.8) is 0 Å². The molecule has 100 valence electrons. The summed E-state index contributed by atoms with van der Waals surface area (Å²) in [5, 5.41) is 0. The molecule has 0 saturated heterocycles. The number of fused-ring (bicyclic) bond motifs is 4. The van der Waals surface area contributed by atoms with Crippen LogP contribution in [0.4, 0.5) is 0 Å². The Balaban J connectivity index is 2.03. The number of methoxy groups -OCH3 is 2. The Morgan fingerprint density at radius 1 is 0.722 bits per heavy atom. The van der Waals surface area contributed by atoms with Crippen molar-refractivity contribution in [2.45, 2.75) is 51.4 Å². The fraction of sp³-hybridized carbons (Fsp3) is 0.750. The van der Waals surface area contributed by atoms with Crippen LogP contribution in [0, 0.1) is 11.8 Å². The van der Waals surface area contributed by atoms with E-state index in [-0.39, 0.29) is 0 Å². The van der Waals surface area contributed by atoms with E-state index in [0.717, 1.165) is 24.7 Å². The molecule has 18 heavy (non-hydrogen) atoms. The van der Waals surface area contributed by atoms with Crippen LogP contribution in [0.1, 0.15) is 51.4 Å². The summed E-state index contributed by atoms with van der Waals surface area (Å²) in [6.45, 7) is 0. The molecule has 1 fully saturated rings. The second-order valence-corrected chi connectivity index (χ2v) is 5.79. The second kappa shape index (κ2) is 4.99. The van der Waals surface area contributed by atoms with Crippen LogP contribution in [-0.4, -0.2) is 14.2 Å². The normalized spacial score (nSPS) is 31.9. The van der Waals surface area contributed by atoms with Gasteiger partial charge in [-0.1, -0.05) is 12.8 Å². The summed E-state index contributed by atoms with van der Waals surface area (Å²) in [7, 11) is 3.67. The lowest BCUT2D eigenvalue weighted by atomic mass is 9.61. The van der Waals surface area contributed by atoms with E-state index in [1.54, 1.807) is 0 Å². The van der Waals surface area contributed by atoms with E-state index in [9.17, 15) is 0 Å². The lowest BCUT2D eigenvalue weighted by Crippen LogP contribution is -2.34. The molecule has 2 atom stereocenters. The summed E-state index contributed by atoms with van der Waals surface area (Å²) in [5.41, 5.74) is 3.05. The molecule has 2 nitrogen and oxygen atoms in total. The number of hydrogen-bond donors (Lipinski definition) is 0. The summed E-state index contributed by atoms with van der Waals surface area (Å²) in [6.07, 6.45) is 10.2. The molecule has 1 saturated carbocycles. The third-order valence-electron chi connectivity index (χ3n) is 4.95. The van der Waals surface area contributed by atoms with Crippen molar-refractivity contribution < 1.29 is 9.47 Å². The maximum Gasteiger partial charge on any atom is 0.0994 e. The highest BCUT2D eigenvalue weighted by Gasteiger charge is 2.46. The Hall–Kier alpha value is -0.920. The van der Waals surface area contributed by atoms with E-state index >= 15 is 0 Å². The largest absolute Gasteiger partial charge is 0.501 e. The first-order valence-corrected chi connectivity index (χ1v) is 7.41. The van der Waals surface area contributed by atoms with Crippen molar-refractivity contribution in [1.29, 1.82) is 0 Å². The average molecular weight is 248 g/mol. The first kappa shape index (κ1) is 12.1. The number of hydrogen-bond acceptors (Lipinski definition) is 2. The third kappa shape index (κ3) is 1.77. The summed E-state index contributed by atoms with van der Waals surface area (Å²) in [6, 6.07) is 0. The molecule has 2 heteroatoms. The van der Waals surface area contributed by atoms with Crippen LogP contribution in [0.15, 0.2) is 22.7 Å². The molecule has 3 aliphatic rings. The maximum atomic E-state index is 5.68. The fourth-order valence-electron chi connectivity index (χ4n) is 4.10. The van der Waals surface area contributed by atoms with Crippen molar-refractivity contribution in [3.8, 4) is 0 Å². The van der Waals surface area contributed by atoms with E-state index in [0.29, 0.717) is 0 Å². The van der Waals surface area contributed by atoms with Crippen LogP contribution >= 0.6 is 0 Å². The van der Waals surface area contributed by atoms with Gasteiger partial charge in [-0.2, -0.15) is 0 Å². The molecule has 0 N–H and O–H groups in total. The summed E-state index contributed by atoms with van der Waals surface area (Å²) in [4.78, 5) is 0. The van der Waals surface area contributed by atoms with Crippen LogP contribution < -0.4 is 0 Å². The molecule has 3 rings (SSSR count). The van der Waals surface area contributed by atoms with Gasteiger partial charge in [-0.3, -0.25) is 0 Å². The van der Waals surface area contributed by atoms with Crippen LogP contribution in [0.2, 0.25) is 0 Å². The molecule has 0 aromatic heterocycles. The zero-order valence-corrected chi connectivity index (χ0v) is 11.6. The van der Waals surface area contributed by atoms with Crippen molar-refractivity contribution >= 4 is 0 Å². The minimum Gasteiger partial charge on any atom is -0.501 e. The monoisotopic (exact) mass is 248 g/mol. The summed E-state index contributed by atoms with van der Waals surface area (Å²) >= 11 is 0. The van der Waals surface area contributed by atoms with E-state index in [1.165, 1.54) is 61.2 Å². The molecule has 0 bridgehead atoms. The highest BCUT2D eigenvalue weighted by Crippen LogP contribution is 2.56. The molecule has 0 amide bonds. The Bertz CT molecular complexity index is 354. The van der Waals surface area contributed by atoms with Gasteiger partial charge in [0.15, 0.2) is 0 Å². The number of allylic oxidation sites excluding steroid dienone is 4. The van der Waals surface area contributed by atoms with Gasteiger partial charge in [0.1, 0.15) is 0 Å². The number of ether oxygens (including phenoxy) is 2. The molecule has 0 spiro atoms.